The predicted octanol–water partition coefficient (Wildman–Crippen LogP) is 4.65. The molecule has 2 aromatic carbocycles. The van der Waals surface area contributed by atoms with Gasteiger partial charge in [-0.2, -0.15) is 5.10 Å². The Morgan fingerprint density at radius 3 is 2.42 bits per heavy atom. The van der Waals surface area contributed by atoms with E-state index >= 15 is 0 Å². The molecule has 0 spiro atoms. The van der Waals surface area contributed by atoms with Crippen molar-refractivity contribution < 1.29 is 36.5 Å². The zero-order valence-electron chi connectivity index (χ0n) is 21.9. The molecule has 3 aromatic rings. The maximum Gasteiger partial charge on any atom is 0.257 e. The SMILES string of the molecule is CCO[P@](C)(=O)Cn1ccc(NC(=O)c2cc(Oc3ccc(S(C)(=O)=O)cc3)cc(O[C@@H](C)COC)c2)n1. The second kappa shape index (κ2) is 12.6. The highest BCUT2D eigenvalue weighted by molar-refractivity contribution is 7.90. The number of methoxy groups -OCH3 is 1. The van der Waals surface area contributed by atoms with Crippen LogP contribution in [0.1, 0.15) is 24.2 Å². The van der Waals surface area contributed by atoms with Crippen LogP contribution in [0.25, 0.3) is 0 Å². The van der Waals surface area contributed by atoms with E-state index in [9.17, 15) is 17.8 Å². The van der Waals surface area contributed by atoms with E-state index in [-0.39, 0.29) is 28.7 Å². The molecule has 206 valence electrons. The number of hydrogen-bond donors (Lipinski definition) is 1. The van der Waals surface area contributed by atoms with Gasteiger partial charge in [0.2, 0.25) is 7.37 Å². The van der Waals surface area contributed by atoms with Crippen LogP contribution in [0.4, 0.5) is 5.82 Å². The molecule has 0 radical (unpaired) electrons. The van der Waals surface area contributed by atoms with Crippen molar-refractivity contribution in [3.05, 3.63) is 60.3 Å². The minimum atomic E-state index is -3.35. The molecule has 11 nitrogen and oxygen atoms in total. The molecule has 13 heteroatoms. The van der Waals surface area contributed by atoms with Crippen molar-refractivity contribution in [2.45, 2.75) is 31.1 Å². The van der Waals surface area contributed by atoms with E-state index in [1.54, 1.807) is 38.4 Å². The fourth-order valence-electron chi connectivity index (χ4n) is 3.49. The summed E-state index contributed by atoms with van der Waals surface area (Å²) in [6, 6.07) is 12.2. The van der Waals surface area contributed by atoms with Crippen LogP contribution >= 0.6 is 7.37 Å². The van der Waals surface area contributed by atoms with Gasteiger partial charge in [-0.05, 0) is 50.2 Å². The molecule has 0 saturated carbocycles. The Kier molecular flexibility index (Phi) is 9.72. The first-order chi connectivity index (χ1) is 17.9. The Labute approximate surface area is 222 Å². The van der Waals surface area contributed by atoms with Gasteiger partial charge >= 0.3 is 0 Å². The second-order valence-corrected chi connectivity index (χ2v) is 13.3. The van der Waals surface area contributed by atoms with Gasteiger partial charge in [0.05, 0.1) is 18.1 Å². The van der Waals surface area contributed by atoms with Crippen molar-refractivity contribution in [2.24, 2.45) is 0 Å². The number of carbonyl (C=O) groups is 1. The molecular formula is C25H32N3O8PS. The average Bonchev–Trinajstić information content (AvgIpc) is 3.24. The normalized spacial score (nSPS) is 13.9. The largest absolute Gasteiger partial charge is 0.488 e. The molecule has 0 aliphatic carbocycles. The summed E-state index contributed by atoms with van der Waals surface area (Å²) in [4.78, 5) is 13.3. The van der Waals surface area contributed by atoms with Gasteiger partial charge in [0.15, 0.2) is 15.7 Å². The van der Waals surface area contributed by atoms with Gasteiger partial charge in [-0.3, -0.25) is 14.0 Å². The van der Waals surface area contributed by atoms with Crippen LogP contribution in [0.5, 0.6) is 17.2 Å². The summed E-state index contributed by atoms with van der Waals surface area (Å²) in [5, 5.41) is 6.97. The first-order valence-electron chi connectivity index (χ1n) is 11.7. The number of ether oxygens (including phenoxy) is 3. The van der Waals surface area contributed by atoms with Crippen LogP contribution in [-0.4, -0.2) is 63.5 Å². The molecule has 2 atom stereocenters. The molecule has 0 aliphatic rings. The third-order valence-corrected chi connectivity index (χ3v) is 7.79. The van der Waals surface area contributed by atoms with Crippen molar-refractivity contribution >= 4 is 28.9 Å². The summed E-state index contributed by atoms with van der Waals surface area (Å²) in [5.74, 6) is 0.854. The fraction of sp³-hybridized carbons (Fsp3) is 0.360. The summed E-state index contributed by atoms with van der Waals surface area (Å²) in [6.45, 7) is 5.78. The summed E-state index contributed by atoms with van der Waals surface area (Å²) in [7, 11) is -4.65. The monoisotopic (exact) mass is 565 g/mol. The number of amides is 1. The topological polar surface area (TPSA) is 135 Å². The minimum absolute atomic E-state index is 0.0769. The molecule has 1 aromatic heterocycles. The first-order valence-corrected chi connectivity index (χ1v) is 15.9. The minimum Gasteiger partial charge on any atom is -0.488 e. The molecule has 38 heavy (non-hydrogen) atoms. The Bertz CT molecular complexity index is 1410. The quantitative estimate of drug-likeness (QED) is 0.294. The molecule has 1 amide bonds. The Morgan fingerprint density at radius 2 is 1.79 bits per heavy atom. The van der Waals surface area contributed by atoms with Crippen molar-refractivity contribution in [1.29, 1.82) is 0 Å². The number of hydrogen-bond acceptors (Lipinski definition) is 9. The van der Waals surface area contributed by atoms with E-state index in [1.807, 2.05) is 6.92 Å². The summed E-state index contributed by atoms with van der Waals surface area (Å²) >= 11 is 0. The lowest BCUT2D eigenvalue weighted by Crippen LogP contribution is -2.18. The molecule has 0 aliphatic heterocycles. The maximum absolute atomic E-state index is 13.1. The molecule has 3 rings (SSSR count). The Morgan fingerprint density at radius 1 is 1.11 bits per heavy atom. The van der Waals surface area contributed by atoms with E-state index in [0.29, 0.717) is 30.5 Å². The molecule has 0 saturated heterocycles. The van der Waals surface area contributed by atoms with Crippen LogP contribution in [-0.2, 0) is 29.9 Å². The molecule has 1 N–H and O–H groups in total. The molecule has 0 unspecified atom stereocenters. The molecule has 0 fully saturated rings. The lowest BCUT2D eigenvalue weighted by atomic mass is 10.2. The van der Waals surface area contributed by atoms with Crippen LogP contribution < -0.4 is 14.8 Å². The summed E-state index contributed by atoms with van der Waals surface area (Å²) < 4.78 is 59.5. The lowest BCUT2D eigenvalue weighted by Gasteiger charge is -2.16. The fourth-order valence-corrected chi connectivity index (χ4v) is 5.44. The van der Waals surface area contributed by atoms with Crippen molar-refractivity contribution in [3.8, 4) is 17.2 Å². The third-order valence-electron chi connectivity index (χ3n) is 5.05. The van der Waals surface area contributed by atoms with Gasteiger partial charge in [-0.1, -0.05) is 0 Å². The third kappa shape index (κ3) is 8.70. The number of rotatable bonds is 13. The smallest absolute Gasteiger partial charge is 0.257 e. The van der Waals surface area contributed by atoms with E-state index < -0.39 is 23.1 Å². The highest BCUT2D eigenvalue weighted by Crippen LogP contribution is 2.43. The first kappa shape index (κ1) is 29.4. The van der Waals surface area contributed by atoms with Gasteiger partial charge in [0, 0.05) is 43.9 Å². The van der Waals surface area contributed by atoms with E-state index in [1.165, 1.54) is 41.7 Å². The highest BCUT2D eigenvalue weighted by atomic mass is 32.2. The zero-order valence-corrected chi connectivity index (χ0v) is 23.6. The van der Waals surface area contributed by atoms with Gasteiger partial charge in [0.25, 0.3) is 5.91 Å². The van der Waals surface area contributed by atoms with Gasteiger partial charge in [-0.25, -0.2) is 8.42 Å². The van der Waals surface area contributed by atoms with E-state index in [4.69, 9.17) is 18.7 Å². The van der Waals surface area contributed by atoms with Crippen molar-refractivity contribution in [3.63, 3.8) is 0 Å². The second-order valence-electron chi connectivity index (χ2n) is 8.69. The van der Waals surface area contributed by atoms with Crippen LogP contribution in [0.2, 0.25) is 0 Å². The average molecular weight is 566 g/mol. The maximum atomic E-state index is 13.1. The number of carbonyl (C=O) groups excluding carboxylic acids is 1. The molecule has 0 bridgehead atoms. The number of nitrogens with one attached hydrogen (secondary N) is 1. The number of benzene rings is 2. The number of aromatic nitrogens is 2. The van der Waals surface area contributed by atoms with Crippen LogP contribution in [0.3, 0.4) is 0 Å². The summed E-state index contributed by atoms with van der Waals surface area (Å²) in [5.41, 5.74) is 0.236. The van der Waals surface area contributed by atoms with Crippen molar-refractivity contribution in [2.75, 3.05) is 38.6 Å². The highest BCUT2D eigenvalue weighted by Gasteiger charge is 2.18. The predicted molar refractivity (Wildman–Crippen MR) is 143 cm³/mol. The van der Waals surface area contributed by atoms with Gasteiger partial charge in [0.1, 0.15) is 29.6 Å². The van der Waals surface area contributed by atoms with E-state index in [0.717, 1.165) is 6.26 Å². The Balaban J connectivity index is 1.83. The molecular weight excluding hydrogens is 533 g/mol. The van der Waals surface area contributed by atoms with Gasteiger partial charge < -0.3 is 24.1 Å². The van der Waals surface area contributed by atoms with Gasteiger partial charge in [-0.15, -0.1) is 0 Å². The lowest BCUT2D eigenvalue weighted by molar-refractivity contribution is 0.0915. The van der Waals surface area contributed by atoms with Crippen LogP contribution in [0.15, 0.2) is 59.6 Å². The standard InChI is InChI=1S/C25H32N3O8PS/c1-6-34-37(4,30)17-28-12-11-24(27-28)26-25(29)19-13-21(35-18(2)16-33-3)15-22(14-19)36-20-7-9-23(10-8-20)38(5,31)32/h7-15,18H,6,16-17H2,1-5H3,(H,26,27,29)/t18-,37-/m0/s1. The Hall–Kier alpha value is -3.18. The van der Waals surface area contributed by atoms with Crippen molar-refractivity contribution in [1.82, 2.24) is 9.78 Å². The zero-order chi connectivity index (χ0) is 27.9. The molecule has 1 heterocycles. The number of anilines is 1. The number of nitrogens with zero attached hydrogens (tertiary/aromatic N) is 2. The number of sulfone groups is 1. The van der Waals surface area contributed by atoms with Crippen LogP contribution in [0, 0.1) is 0 Å². The van der Waals surface area contributed by atoms with E-state index in [2.05, 4.69) is 10.4 Å². The summed E-state index contributed by atoms with van der Waals surface area (Å²) in [6.07, 6.45) is 2.50.